The van der Waals surface area contributed by atoms with Crippen molar-refractivity contribution >= 4 is 22.8 Å². The minimum atomic E-state index is -0.322. The Hall–Kier alpha value is -3.82. The quantitative estimate of drug-likeness (QED) is 0.284. The first-order chi connectivity index (χ1) is 19.4. The van der Waals surface area contributed by atoms with E-state index in [0.29, 0.717) is 44.0 Å². The zero-order valence-electron chi connectivity index (χ0n) is 22.9. The highest BCUT2D eigenvalue weighted by Gasteiger charge is 2.29. The lowest BCUT2D eigenvalue weighted by molar-refractivity contribution is -0.132. The zero-order valence-corrected chi connectivity index (χ0v) is 22.9. The number of likely N-dealkylation sites (tertiary alicyclic amines) is 1. The molecule has 1 fully saturated rings. The van der Waals surface area contributed by atoms with E-state index in [-0.39, 0.29) is 30.1 Å². The normalized spacial score (nSPS) is 16.4. The van der Waals surface area contributed by atoms with Gasteiger partial charge in [-0.05, 0) is 61.1 Å². The Bertz CT molecular complexity index is 1440. The molecule has 9 heteroatoms. The van der Waals surface area contributed by atoms with Crippen LogP contribution in [0.25, 0.3) is 22.2 Å². The number of piperidine rings is 1. The second-order valence-electron chi connectivity index (χ2n) is 10.6. The van der Waals surface area contributed by atoms with Crippen molar-refractivity contribution < 1.29 is 13.9 Å². The number of imidazole rings is 1. The standard InChI is InChI=1S/C31H37FN6O2/c1-40-16-4-15-38-27-7-2-6-26(32)30(27)36-31(38)24-5-3-14-37(20-24)29(39)18-25(33)17-21-8-10-22(11-9-21)23-12-13-28(34)35-19-23/h2,6-13,19,24-25H,3-5,14-18,20,33H2,1H3,(H2,34,35). The number of benzene rings is 2. The highest BCUT2D eigenvalue weighted by Crippen LogP contribution is 2.31. The Morgan fingerprint density at radius 1 is 1.15 bits per heavy atom. The molecule has 1 saturated heterocycles. The number of pyridine rings is 1. The van der Waals surface area contributed by atoms with Gasteiger partial charge in [0.05, 0.1) is 5.52 Å². The van der Waals surface area contributed by atoms with Crippen LogP contribution in [0.3, 0.4) is 0 Å². The first-order valence-electron chi connectivity index (χ1n) is 13.9. The number of para-hydroxylation sites is 1. The molecule has 1 aliphatic heterocycles. The van der Waals surface area contributed by atoms with Crippen LogP contribution in [-0.2, 0) is 22.5 Å². The van der Waals surface area contributed by atoms with Gasteiger partial charge in [0.1, 0.15) is 17.2 Å². The fourth-order valence-corrected chi connectivity index (χ4v) is 5.60. The Morgan fingerprint density at radius 2 is 1.95 bits per heavy atom. The third-order valence-electron chi connectivity index (χ3n) is 7.64. The van der Waals surface area contributed by atoms with Crippen molar-refractivity contribution in [2.24, 2.45) is 5.73 Å². The first kappa shape index (κ1) is 27.7. The predicted molar refractivity (Wildman–Crippen MR) is 155 cm³/mol. The molecule has 0 radical (unpaired) electrons. The summed E-state index contributed by atoms with van der Waals surface area (Å²) in [4.78, 5) is 24.1. The van der Waals surface area contributed by atoms with Gasteiger partial charge < -0.3 is 25.7 Å². The summed E-state index contributed by atoms with van der Waals surface area (Å²) in [5.74, 6) is 1.10. The van der Waals surface area contributed by atoms with Crippen LogP contribution in [0, 0.1) is 5.82 Å². The molecule has 2 unspecified atom stereocenters. The molecule has 40 heavy (non-hydrogen) atoms. The smallest absolute Gasteiger partial charge is 0.224 e. The Morgan fingerprint density at radius 3 is 2.70 bits per heavy atom. The van der Waals surface area contributed by atoms with Crippen molar-refractivity contribution in [3.8, 4) is 11.1 Å². The molecule has 1 aliphatic rings. The van der Waals surface area contributed by atoms with E-state index in [4.69, 9.17) is 21.2 Å². The molecule has 0 spiro atoms. The lowest BCUT2D eigenvalue weighted by Gasteiger charge is -2.33. The number of fused-ring (bicyclic) bond motifs is 1. The van der Waals surface area contributed by atoms with Crippen molar-refractivity contribution in [1.29, 1.82) is 0 Å². The van der Waals surface area contributed by atoms with Crippen LogP contribution in [0.15, 0.2) is 60.8 Å². The fourth-order valence-electron chi connectivity index (χ4n) is 5.60. The van der Waals surface area contributed by atoms with E-state index >= 15 is 0 Å². The number of hydrogen-bond donors (Lipinski definition) is 2. The van der Waals surface area contributed by atoms with Gasteiger partial charge in [0.15, 0.2) is 5.82 Å². The summed E-state index contributed by atoms with van der Waals surface area (Å²) in [5, 5.41) is 0. The number of nitrogen functional groups attached to an aromatic ring is 1. The molecule has 2 aromatic carbocycles. The van der Waals surface area contributed by atoms with Gasteiger partial charge >= 0.3 is 0 Å². The molecule has 2 atom stereocenters. The molecule has 1 amide bonds. The van der Waals surface area contributed by atoms with Gasteiger partial charge in [-0.2, -0.15) is 0 Å². The second kappa shape index (κ2) is 12.6. The maximum absolute atomic E-state index is 14.6. The Labute approximate surface area is 234 Å². The van der Waals surface area contributed by atoms with E-state index in [1.165, 1.54) is 6.07 Å². The molecule has 5 rings (SSSR count). The number of ether oxygens (including phenoxy) is 1. The van der Waals surface area contributed by atoms with Crippen LogP contribution in [0.2, 0.25) is 0 Å². The van der Waals surface area contributed by atoms with Gasteiger partial charge in [0, 0.05) is 63.5 Å². The molecule has 0 aliphatic carbocycles. The molecular weight excluding hydrogens is 507 g/mol. The van der Waals surface area contributed by atoms with E-state index in [1.54, 1.807) is 25.4 Å². The molecule has 4 aromatic rings. The monoisotopic (exact) mass is 544 g/mol. The van der Waals surface area contributed by atoms with Crippen molar-refractivity contribution in [2.75, 3.05) is 32.5 Å². The molecule has 0 bridgehead atoms. The average Bonchev–Trinajstić information content (AvgIpc) is 3.34. The summed E-state index contributed by atoms with van der Waals surface area (Å²) < 4.78 is 21.9. The largest absolute Gasteiger partial charge is 0.385 e. The van der Waals surface area contributed by atoms with Crippen LogP contribution in [0.1, 0.15) is 43.0 Å². The van der Waals surface area contributed by atoms with Crippen molar-refractivity contribution in [1.82, 2.24) is 19.4 Å². The number of nitrogens with two attached hydrogens (primary N) is 2. The van der Waals surface area contributed by atoms with Crippen LogP contribution in [-0.4, -0.2) is 58.2 Å². The molecular formula is C31H37FN6O2. The third kappa shape index (κ3) is 6.32. The fraction of sp³-hybridized carbons (Fsp3) is 0.387. The number of rotatable bonds is 10. The second-order valence-corrected chi connectivity index (χ2v) is 10.6. The number of halogens is 1. The minimum absolute atomic E-state index is 0.0404. The van der Waals surface area contributed by atoms with E-state index in [9.17, 15) is 9.18 Å². The molecule has 210 valence electrons. The highest BCUT2D eigenvalue weighted by molar-refractivity contribution is 5.78. The summed E-state index contributed by atoms with van der Waals surface area (Å²) in [5.41, 5.74) is 16.4. The van der Waals surface area contributed by atoms with Crippen molar-refractivity contribution in [3.05, 3.63) is 78.0 Å². The van der Waals surface area contributed by atoms with Gasteiger partial charge in [-0.25, -0.2) is 14.4 Å². The molecule has 0 saturated carbocycles. The average molecular weight is 545 g/mol. The number of amides is 1. The Kier molecular flexibility index (Phi) is 8.72. The van der Waals surface area contributed by atoms with E-state index < -0.39 is 0 Å². The number of nitrogens with zero attached hydrogens (tertiary/aromatic N) is 4. The molecule has 3 heterocycles. The topological polar surface area (TPSA) is 112 Å². The summed E-state index contributed by atoms with van der Waals surface area (Å²) in [6.07, 6.45) is 5.21. The highest BCUT2D eigenvalue weighted by atomic mass is 19.1. The predicted octanol–water partition coefficient (Wildman–Crippen LogP) is 4.52. The molecule has 2 aromatic heterocycles. The number of aromatic nitrogens is 3. The van der Waals surface area contributed by atoms with Crippen molar-refractivity contribution in [2.45, 2.75) is 50.6 Å². The summed E-state index contributed by atoms with van der Waals surface area (Å²) in [6, 6.07) is 16.7. The number of methoxy groups -OCH3 is 1. The van der Waals surface area contributed by atoms with Gasteiger partial charge in [-0.15, -0.1) is 0 Å². The van der Waals surface area contributed by atoms with Crippen molar-refractivity contribution in [3.63, 3.8) is 0 Å². The maximum Gasteiger partial charge on any atom is 0.224 e. The number of hydrogen-bond acceptors (Lipinski definition) is 6. The van der Waals surface area contributed by atoms with E-state index in [2.05, 4.69) is 9.55 Å². The number of carbonyl (C=O) groups excluding carboxylic acids is 1. The first-order valence-corrected chi connectivity index (χ1v) is 13.9. The summed E-state index contributed by atoms with van der Waals surface area (Å²) in [6.45, 7) is 2.56. The zero-order chi connectivity index (χ0) is 28.1. The number of anilines is 1. The van der Waals surface area contributed by atoms with Crippen LogP contribution in [0.5, 0.6) is 0 Å². The summed E-state index contributed by atoms with van der Waals surface area (Å²) in [7, 11) is 1.68. The molecule has 4 N–H and O–H groups in total. The van der Waals surface area contributed by atoms with Crippen LogP contribution < -0.4 is 11.5 Å². The molecule has 8 nitrogen and oxygen atoms in total. The van der Waals surface area contributed by atoms with Gasteiger partial charge in [-0.1, -0.05) is 30.3 Å². The minimum Gasteiger partial charge on any atom is -0.385 e. The SMILES string of the molecule is COCCCn1c(C2CCCN(C(=O)CC(N)Cc3ccc(-c4ccc(N)nc4)cc3)C2)nc2c(F)cccc21. The number of aryl methyl sites for hydroxylation is 1. The van der Waals surface area contributed by atoms with Gasteiger partial charge in [0.2, 0.25) is 5.91 Å². The van der Waals surface area contributed by atoms with Crippen LogP contribution in [0.4, 0.5) is 10.2 Å². The third-order valence-corrected chi connectivity index (χ3v) is 7.64. The maximum atomic E-state index is 14.6. The van der Waals surface area contributed by atoms with E-state index in [1.807, 2.05) is 41.3 Å². The number of carbonyl (C=O) groups is 1. The van der Waals surface area contributed by atoms with Gasteiger partial charge in [0.25, 0.3) is 0 Å². The Balaban J connectivity index is 1.22. The van der Waals surface area contributed by atoms with Gasteiger partial charge in [-0.3, -0.25) is 4.79 Å². The summed E-state index contributed by atoms with van der Waals surface area (Å²) >= 11 is 0. The lowest BCUT2D eigenvalue weighted by Crippen LogP contribution is -2.42. The van der Waals surface area contributed by atoms with Crippen LogP contribution >= 0.6 is 0 Å². The van der Waals surface area contributed by atoms with E-state index in [0.717, 1.165) is 47.3 Å². The lowest BCUT2D eigenvalue weighted by atomic mass is 9.95.